The summed E-state index contributed by atoms with van der Waals surface area (Å²) >= 11 is 0. The first-order valence-corrected chi connectivity index (χ1v) is 4.82. The Morgan fingerprint density at radius 2 is 2.38 bits per heavy atom. The van der Waals surface area contributed by atoms with E-state index in [9.17, 15) is 4.39 Å². The molecule has 0 bridgehead atoms. The lowest BCUT2D eigenvalue weighted by molar-refractivity contribution is 0.594. The van der Waals surface area contributed by atoms with E-state index >= 15 is 0 Å². The fraction of sp³-hybridized carbons (Fsp3) is 0.545. The fourth-order valence-corrected chi connectivity index (χ4v) is 1.46. The van der Waals surface area contributed by atoms with Crippen molar-refractivity contribution in [1.82, 2.24) is 0 Å². The van der Waals surface area contributed by atoms with Crippen LogP contribution in [0.25, 0.3) is 0 Å². The van der Waals surface area contributed by atoms with Crippen LogP contribution in [-0.2, 0) is 0 Å². The molecule has 1 aliphatic rings. The van der Waals surface area contributed by atoms with Gasteiger partial charge in [-0.2, -0.15) is 4.39 Å². The largest absolute Gasteiger partial charge is 0.229 e. The third-order valence-corrected chi connectivity index (χ3v) is 2.30. The van der Waals surface area contributed by atoms with Crippen molar-refractivity contribution < 1.29 is 4.39 Å². The summed E-state index contributed by atoms with van der Waals surface area (Å²) in [6.45, 7) is 4.28. The van der Waals surface area contributed by atoms with Gasteiger partial charge in [0.15, 0.2) is 0 Å². The maximum Gasteiger partial charge on any atom is 0.208 e. The van der Waals surface area contributed by atoms with Crippen LogP contribution in [0.2, 0.25) is 0 Å². The molecule has 1 rings (SSSR count). The SMILES string of the molecule is CCC/C1=C/C=N/C(F)=C/CC1C. The highest BCUT2D eigenvalue weighted by Crippen LogP contribution is 2.22. The molecule has 0 spiro atoms. The lowest BCUT2D eigenvalue weighted by Gasteiger charge is -2.13. The van der Waals surface area contributed by atoms with E-state index in [-0.39, 0.29) is 5.95 Å². The monoisotopic (exact) mass is 181 g/mol. The predicted octanol–water partition coefficient (Wildman–Crippen LogP) is 3.63. The lowest BCUT2D eigenvalue weighted by Crippen LogP contribution is -2.00. The van der Waals surface area contributed by atoms with E-state index in [1.54, 1.807) is 12.3 Å². The maximum atomic E-state index is 12.7. The normalized spacial score (nSPS) is 33.6. The second kappa shape index (κ2) is 4.95. The van der Waals surface area contributed by atoms with Gasteiger partial charge in [-0.05, 0) is 30.9 Å². The molecule has 1 aliphatic heterocycles. The number of hydrogen-bond donors (Lipinski definition) is 0. The minimum Gasteiger partial charge on any atom is -0.229 e. The molecular formula is C11H16FN. The zero-order chi connectivity index (χ0) is 9.68. The molecule has 0 aromatic carbocycles. The van der Waals surface area contributed by atoms with Crippen molar-refractivity contribution in [3.63, 3.8) is 0 Å². The first-order chi connectivity index (χ1) is 6.24. The van der Waals surface area contributed by atoms with Gasteiger partial charge in [0, 0.05) is 6.21 Å². The Bertz CT molecular complexity index is 251. The Kier molecular flexibility index (Phi) is 3.87. The number of allylic oxidation sites excluding steroid dienone is 3. The van der Waals surface area contributed by atoms with Gasteiger partial charge >= 0.3 is 0 Å². The third kappa shape index (κ3) is 3.13. The van der Waals surface area contributed by atoms with Gasteiger partial charge in [0.1, 0.15) is 0 Å². The van der Waals surface area contributed by atoms with Crippen LogP contribution < -0.4 is 0 Å². The van der Waals surface area contributed by atoms with E-state index in [1.165, 1.54) is 5.57 Å². The second-order valence-corrected chi connectivity index (χ2v) is 3.43. The summed E-state index contributed by atoms with van der Waals surface area (Å²) in [6, 6.07) is 0. The molecule has 0 radical (unpaired) electrons. The van der Waals surface area contributed by atoms with E-state index in [1.807, 2.05) is 6.08 Å². The molecule has 0 aromatic rings. The molecule has 0 aliphatic carbocycles. The highest BCUT2D eigenvalue weighted by atomic mass is 19.1. The molecular weight excluding hydrogens is 165 g/mol. The lowest BCUT2D eigenvalue weighted by atomic mass is 9.93. The highest BCUT2D eigenvalue weighted by molar-refractivity contribution is 5.73. The Balaban J connectivity index is 2.74. The number of nitrogens with zero attached hydrogens (tertiary/aromatic N) is 1. The smallest absolute Gasteiger partial charge is 0.208 e. The summed E-state index contributed by atoms with van der Waals surface area (Å²) < 4.78 is 12.7. The molecule has 0 aromatic heterocycles. The van der Waals surface area contributed by atoms with Gasteiger partial charge in [0.2, 0.25) is 5.95 Å². The number of halogens is 1. The van der Waals surface area contributed by atoms with E-state index < -0.39 is 0 Å². The molecule has 0 saturated carbocycles. The van der Waals surface area contributed by atoms with E-state index in [0.29, 0.717) is 5.92 Å². The molecule has 0 saturated heterocycles. The second-order valence-electron chi connectivity index (χ2n) is 3.43. The summed E-state index contributed by atoms with van der Waals surface area (Å²) in [7, 11) is 0. The van der Waals surface area contributed by atoms with Crippen LogP contribution in [0, 0.1) is 5.92 Å². The molecule has 72 valence electrons. The van der Waals surface area contributed by atoms with Crippen molar-refractivity contribution in [3.8, 4) is 0 Å². The quantitative estimate of drug-likeness (QED) is 0.577. The van der Waals surface area contributed by atoms with E-state index in [4.69, 9.17) is 0 Å². The van der Waals surface area contributed by atoms with Crippen LogP contribution in [0.4, 0.5) is 4.39 Å². The van der Waals surface area contributed by atoms with Crippen molar-refractivity contribution in [2.45, 2.75) is 33.1 Å². The van der Waals surface area contributed by atoms with Crippen LogP contribution in [0.15, 0.2) is 28.7 Å². The van der Waals surface area contributed by atoms with Gasteiger partial charge in [-0.15, -0.1) is 0 Å². The molecule has 0 fully saturated rings. The average molecular weight is 181 g/mol. The topological polar surface area (TPSA) is 12.4 Å². The Hall–Kier alpha value is -0.920. The molecule has 0 amide bonds. The predicted molar refractivity (Wildman–Crippen MR) is 54.5 cm³/mol. The van der Waals surface area contributed by atoms with Crippen molar-refractivity contribution in [2.24, 2.45) is 10.9 Å². The highest BCUT2D eigenvalue weighted by Gasteiger charge is 2.08. The van der Waals surface area contributed by atoms with Gasteiger partial charge in [0.25, 0.3) is 0 Å². The maximum absolute atomic E-state index is 12.7. The van der Waals surface area contributed by atoms with Crippen molar-refractivity contribution in [3.05, 3.63) is 23.7 Å². The van der Waals surface area contributed by atoms with Crippen LogP contribution in [0.5, 0.6) is 0 Å². The first-order valence-electron chi connectivity index (χ1n) is 4.82. The minimum atomic E-state index is -0.362. The summed E-state index contributed by atoms with van der Waals surface area (Å²) in [5, 5.41) is 0. The standard InChI is InChI=1S/C11H16FN/c1-3-4-10-7-8-13-11(12)6-5-9(10)2/h6-9H,3-5H2,1-2H3/b10-7-,11-6+,13-8+. The number of aliphatic imine (C=N–C) groups is 1. The average Bonchev–Trinajstić information content (AvgIpc) is 2.11. The molecule has 0 N–H and O–H groups in total. The Labute approximate surface area is 79.1 Å². The van der Waals surface area contributed by atoms with Crippen LogP contribution in [0.1, 0.15) is 33.1 Å². The van der Waals surface area contributed by atoms with Gasteiger partial charge < -0.3 is 0 Å². The first kappa shape index (κ1) is 10.2. The zero-order valence-corrected chi connectivity index (χ0v) is 8.26. The molecule has 2 heteroatoms. The summed E-state index contributed by atoms with van der Waals surface area (Å²) in [5.74, 6) is 0.0797. The fourth-order valence-electron chi connectivity index (χ4n) is 1.46. The summed E-state index contributed by atoms with van der Waals surface area (Å²) in [6.07, 6.45) is 8.05. The van der Waals surface area contributed by atoms with Crippen LogP contribution >= 0.6 is 0 Å². The van der Waals surface area contributed by atoms with Gasteiger partial charge in [-0.1, -0.05) is 25.8 Å². The van der Waals surface area contributed by atoms with Gasteiger partial charge in [-0.3, -0.25) is 0 Å². The molecule has 1 atom stereocenters. The molecule has 1 unspecified atom stereocenters. The molecule has 1 heterocycles. The summed E-state index contributed by atoms with van der Waals surface area (Å²) in [4.78, 5) is 3.64. The number of rotatable bonds is 2. The zero-order valence-electron chi connectivity index (χ0n) is 8.26. The number of hydrogen-bond acceptors (Lipinski definition) is 1. The molecule has 13 heavy (non-hydrogen) atoms. The van der Waals surface area contributed by atoms with Gasteiger partial charge in [-0.25, -0.2) is 4.99 Å². The Morgan fingerprint density at radius 1 is 1.62 bits per heavy atom. The van der Waals surface area contributed by atoms with Crippen molar-refractivity contribution >= 4 is 6.21 Å². The molecule has 1 nitrogen and oxygen atoms in total. The van der Waals surface area contributed by atoms with Crippen molar-refractivity contribution in [2.75, 3.05) is 0 Å². The van der Waals surface area contributed by atoms with E-state index in [2.05, 4.69) is 18.8 Å². The van der Waals surface area contributed by atoms with Crippen LogP contribution in [-0.4, -0.2) is 6.21 Å². The van der Waals surface area contributed by atoms with Crippen molar-refractivity contribution in [1.29, 1.82) is 0 Å². The third-order valence-electron chi connectivity index (χ3n) is 2.30. The van der Waals surface area contributed by atoms with E-state index in [0.717, 1.165) is 19.3 Å². The van der Waals surface area contributed by atoms with Crippen LogP contribution in [0.3, 0.4) is 0 Å². The Morgan fingerprint density at radius 3 is 3.08 bits per heavy atom. The summed E-state index contributed by atoms with van der Waals surface area (Å²) in [5.41, 5.74) is 1.37. The van der Waals surface area contributed by atoms with Gasteiger partial charge in [0.05, 0.1) is 0 Å². The minimum absolute atomic E-state index is 0.362.